The first kappa shape index (κ1) is 19.3. The number of carbonyl (C=O) groups excluding carboxylic acids is 2. The summed E-state index contributed by atoms with van der Waals surface area (Å²) in [7, 11) is 0. The van der Waals surface area contributed by atoms with Crippen molar-refractivity contribution >= 4 is 11.8 Å². The maximum absolute atomic E-state index is 13.1. The van der Waals surface area contributed by atoms with Crippen LogP contribution in [0.1, 0.15) is 51.0 Å². The first-order chi connectivity index (χ1) is 14.5. The van der Waals surface area contributed by atoms with Crippen LogP contribution >= 0.6 is 0 Å². The number of hydrogen-bond donors (Lipinski definition) is 2. The van der Waals surface area contributed by atoms with Crippen molar-refractivity contribution in [2.75, 3.05) is 0 Å². The SMILES string of the molecule is C[C@H](NC(=O)C12CC3CC(CC(C3)C1)C2)C(=O)NCc1cnn(-c2ccccc2)c1. The number of carbonyl (C=O) groups is 2. The van der Waals surface area contributed by atoms with Gasteiger partial charge in [-0.2, -0.15) is 5.10 Å². The van der Waals surface area contributed by atoms with E-state index in [4.69, 9.17) is 0 Å². The van der Waals surface area contributed by atoms with Crippen LogP contribution in [0.2, 0.25) is 0 Å². The van der Waals surface area contributed by atoms with Gasteiger partial charge in [-0.1, -0.05) is 18.2 Å². The summed E-state index contributed by atoms with van der Waals surface area (Å²) in [6.07, 6.45) is 10.6. The summed E-state index contributed by atoms with van der Waals surface area (Å²) in [5.41, 5.74) is 1.68. The van der Waals surface area contributed by atoms with Gasteiger partial charge in [0.15, 0.2) is 0 Å². The fraction of sp³-hybridized carbons (Fsp3) is 0.542. The van der Waals surface area contributed by atoms with Gasteiger partial charge in [0.1, 0.15) is 6.04 Å². The predicted molar refractivity (Wildman–Crippen MR) is 114 cm³/mol. The summed E-state index contributed by atoms with van der Waals surface area (Å²) in [4.78, 5) is 25.7. The third kappa shape index (κ3) is 3.64. The lowest BCUT2D eigenvalue weighted by Gasteiger charge is -2.55. The van der Waals surface area contributed by atoms with Gasteiger partial charge < -0.3 is 10.6 Å². The van der Waals surface area contributed by atoms with Gasteiger partial charge in [-0.25, -0.2) is 4.68 Å². The third-order valence-electron chi connectivity index (χ3n) is 7.38. The zero-order chi connectivity index (χ0) is 20.7. The molecule has 0 aliphatic heterocycles. The number of rotatable bonds is 6. The Morgan fingerprint density at radius 2 is 1.73 bits per heavy atom. The van der Waals surface area contributed by atoms with Gasteiger partial charge in [0, 0.05) is 23.7 Å². The fourth-order valence-corrected chi connectivity index (χ4v) is 6.32. The third-order valence-corrected chi connectivity index (χ3v) is 7.38. The number of nitrogens with zero attached hydrogens (tertiary/aromatic N) is 2. The van der Waals surface area contributed by atoms with Crippen molar-refractivity contribution in [1.82, 2.24) is 20.4 Å². The van der Waals surface area contributed by atoms with Crippen LogP contribution in [0.3, 0.4) is 0 Å². The Bertz CT molecular complexity index is 900. The van der Waals surface area contributed by atoms with Crippen LogP contribution in [0.15, 0.2) is 42.7 Å². The lowest BCUT2D eigenvalue weighted by molar-refractivity contribution is -0.148. The van der Waals surface area contributed by atoms with Crippen LogP contribution in [-0.2, 0) is 16.1 Å². The molecule has 1 atom stereocenters. The maximum Gasteiger partial charge on any atom is 0.242 e. The van der Waals surface area contributed by atoms with E-state index < -0.39 is 6.04 Å². The molecule has 2 aromatic rings. The number of para-hydroxylation sites is 1. The summed E-state index contributed by atoms with van der Waals surface area (Å²) in [6, 6.07) is 9.33. The molecule has 4 aliphatic carbocycles. The molecule has 4 fully saturated rings. The second-order valence-electron chi connectivity index (χ2n) is 9.74. The van der Waals surface area contributed by atoms with E-state index in [9.17, 15) is 9.59 Å². The predicted octanol–water partition coefficient (Wildman–Crippen LogP) is 3.21. The zero-order valence-electron chi connectivity index (χ0n) is 17.5. The van der Waals surface area contributed by atoms with E-state index >= 15 is 0 Å². The highest BCUT2D eigenvalue weighted by molar-refractivity contribution is 5.90. The van der Waals surface area contributed by atoms with Gasteiger partial charge in [0.25, 0.3) is 0 Å². The molecule has 6 heteroatoms. The van der Waals surface area contributed by atoms with E-state index in [2.05, 4.69) is 15.7 Å². The van der Waals surface area contributed by atoms with Gasteiger partial charge in [-0.15, -0.1) is 0 Å². The van der Waals surface area contributed by atoms with Gasteiger partial charge in [0.2, 0.25) is 11.8 Å². The maximum atomic E-state index is 13.1. The highest BCUT2D eigenvalue weighted by Gasteiger charge is 2.54. The lowest BCUT2D eigenvalue weighted by Crippen LogP contribution is -2.56. The molecule has 0 spiro atoms. The van der Waals surface area contributed by atoms with Crippen LogP contribution in [0.4, 0.5) is 0 Å². The molecule has 1 aromatic heterocycles. The van der Waals surface area contributed by atoms with E-state index in [1.54, 1.807) is 17.8 Å². The Kier molecular flexibility index (Phi) is 4.88. The molecule has 0 unspecified atom stereocenters. The Hall–Kier alpha value is -2.63. The summed E-state index contributed by atoms with van der Waals surface area (Å²) in [5.74, 6) is 2.09. The van der Waals surface area contributed by atoms with E-state index in [-0.39, 0.29) is 17.2 Å². The smallest absolute Gasteiger partial charge is 0.242 e. The van der Waals surface area contributed by atoms with Crippen LogP contribution in [0.25, 0.3) is 5.69 Å². The normalized spacial score (nSPS) is 30.1. The lowest BCUT2D eigenvalue weighted by atomic mass is 9.49. The van der Waals surface area contributed by atoms with E-state index in [0.29, 0.717) is 24.3 Å². The summed E-state index contributed by atoms with van der Waals surface area (Å²) in [5, 5.41) is 10.3. The zero-order valence-corrected chi connectivity index (χ0v) is 17.5. The number of amides is 2. The first-order valence-corrected chi connectivity index (χ1v) is 11.2. The minimum atomic E-state index is -0.533. The van der Waals surface area contributed by atoms with Crippen molar-refractivity contribution in [3.05, 3.63) is 48.3 Å². The fourth-order valence-electron chi connectivity index (χ4n) is 6.32. The molecular formula is C24H30N4O2. The standard InChI is InChI=1S/C24H30N4O2/c1-16(27-23(30)24-10-17-7-18(11-24)9-19(8-17)12-24)22(29)25-13-20-14-26-28(15-20)21-5-3-2-4-6-21/h2-6,14-19H,7-13H2,1H3,(H,25,29)(H,27,30)/t16-,17?,18?,19?,24?/m0/s1. The highest BCUT2D eigenvalue weighted by atomic mass is 16.2. The van der Waals surface area contributed by atoms with E-state index in [1.165, 1.54) is 19.3 Å². The molecule has 0 saturated heterocycles. The number of benzene rings is 1. The van der Waals surface area contributed by atoms with Gasteiger partial charge in [-0.3, -0.25) is 9.59 Å². The molecule has 4 saturated carbocycles. The Morgan fingerprint density at radius 3 is 2.37 bits per heavy atom. The van der Waals surface area contributed by atoms with Crippen molar-refractivity contribution in [3.63, 3.8) is 0 Å². The minimum absolute atomic E-state index is 0.0983. The van der Waals surface area contributed by atoms with Crippen molar-refractivity contribution in [2.24, 2.45) is 23.2 Å². The molecule has 4 bridgehead atoms. The van der Waals surface area contributed by atoms with Gasteiger partial charge in [0.05, 0.1) is 11.9 Å². The van der Waals surface area contributed by atoms with Gasteiger partial charge >= 0.3 is 0 Å². The largest absolute Gasteiger partial charge is 0.350 e. The number of hydrogen-bond acceptors (Lipinski definition) is 3. The number of nitrogens with one attached hydrogen (secondary N) is 2. The van der Waals surface area contributed by atoms with Crippen molar-refractivity contribution in [3.8, 4) is 5.69 Å². The van der Waals surface area contributed by atoms with Crippen LogP contribution in [0.5, 0.6) is 0 Å². The van der Waals surface area contributed by atoms with E-state index in [1.807, 2.05) is 36.5 Å². The highest BCUT2D eigenvalue weighted by Crippen LogP contribution is 2.60. The molecule has 2 N–H and O–H groups in total. The average molecular weight is 407 g/mol. The molecule has 6 nitrogen and oxygen atoms in total. The van der Waals surface area contributed by atoms with Crippen molar-refractivity contribution in [1.29, 1.82) is 0 Å². The molecule has 6 rings (SSSR count). The molecule has 1 heterocycles. The molecule has 4 aliphatic rings. The molecule has 1 aromatic carbocycles. The van der Waals surface area contributed by atoms with Crippen molar-refractivity contribution in [2.45, 2.75) is 58.0 Å². The van der Waals surface area contributed by atoms with Crippen LogP contribution in [-0.4, -0.2) is 27.6 Å². The first-order valence-electron chi connectivity index (χ1n) is 11.2. The quantitative estimate of drug-likeness (QED) is 0.773. The summed E-state index contributed by atoms with van der Waals surface area (Å²) < 4.78 is 1.79. The monoisotopic (exact) mass is 406 g/mol. The van der Waals surface area contributed by atoms with Crippen LogP contribution in [0, 0.1) is 23.2 Å². The Balaban J connectivity index is 1.15. The second-order valence-corrected chi connectivity index (χ2v) is 9.74. The molecule has 0 radical (unpaired) electrons. The van der Waals surface area contributed by atoms with Crippen LogP contribution < -0.4 is 10.6 Å². The minimum Gasteiger partial charge on any atom is -0.350 e. The van der Waals surface area contributed by atoms with Crippen molar-refractivity contribution < 1.29 is 9.59 Å². The number of aromatic nitrogens is 2. The second kappa shape index (κ2) is 7.56. The van der Waals surface area contributed by atoms with Gasteiger partial charge in [-0.05, 0) is 75.3 Å². The molecular weight excluding hydrogens is 376 g/mol. The Morgan fingerprint density at radius 1 is 1.10 bits per heavy atom. The molecule has 30 heavy (non-hydrogen) atoms. The molecule has 2 amide bonds. The molecule has 158 valence electrons. The average Bonchev–Trinajstić information content (AvgIpc) is 3.20. The summed E-state index contributed by atoms with van der Waals surface area (Å²) in [6.45, 7) is 2.17. The van der Waals surface area contributed by atoms with E-state index in [0.717, 1.165) is 30.5 Å². The topological polar surface area (TPSA) is 76.0 Å². The Labute approximate surface area is 177 Å². The summed E-state index contributed by atoms with van der Waals surface area (Å²) >= 11 is 0.